The van der Waals surface area contributed by atoms with E-state index in [1.807, 2.05) is 30.3 Å². The van der Waals surface area contributed by atoms with Gasteiger partial charge in [-0.05, 0) is 66.7 Å². The molecule has 4 aromatic carbocycles. The van der Waals surface area contributed by atoms with E-state index in [-0.39, 0.29) is 14.9 Å². The van der Waals surface area contributed by atoms with E-state index in [4.69, 9.17) is 27.9 Å². The van der Waals surface area contributed by atoms with Crippen LogP contribution in [0.2, 0.25) is 10.0 Å². The van der Waals surface area contributed by atoms with Crippen molar-refractivity contribution in [3.8, 4) is 11.5 Å². The Kier molecular flexibility index (Phi) is 7.45. The van der Waals surface area contributed by atoms with Gasteiger partial charge in [0.1, 0.15) is 11.5 Å². The van der Waals surface area contributed by atoms with Gasteiger partial charge >= 0.3 is 6.03 Å². The minimum Gasteiger partial charge on any atom is -0.457 e. The van der Waals surface area contributed by atoms with Crippen LogP contribution in [0.5, 0.6) is 11.5 Å². The fraction of sp³-hybridized carbons (Fsp3) is 0. The van der Waals surface area contributed by atoms with Crippen LogP contribution >= 0.6 is 23.2 Å². The first kappa shape index (κ1) is 24.4. The zero-order valence-electron chi connectivity index (χ0n) is 18.0. The van der Waals surface area contributed by atoms with Crippen molar-refractivity contribution in [2.45, 2.75) is 4.90 Å². The molecular weight excluding hydrogens is 509 g/mol. The molecule has 35 heavy (non-hydrogen) atoms. The number of halogens is 2. The summed E-state index contributed by atoms with van der Waals surface area (Å²) in [4.78, 5) is 12.4. The van der Waals surface area contributed by atoms with Crippen molar-refractivity contribution in [2.75, 3.05) is 15.4 Å². The van der Waals surface area contributed by atoms with Gasteiger partial charge in [0.25, 0.3) is 10.0 Å². The first-order valence-corrected chi connectivity index (χ1v) is 12.5. The Labute approximate surface area is 212 Å². The van der Waals surface area contributed by atoms with Crippen LogP contribution in [0.1, 0.15) is 0 Å². The Morgan fingerprint density at radius 2 is 1.31 bits per heavy atom. The van der Waals surface area contributed by atoms with Crippen LogP contribution in [0.25, 0.3) is 0 Å². The van der Waals surface area contributed by atoms with E-state index in [2.05, 4.69) is 15.4 Å². The lowest BCUT2D eigenvalue weighted by Gasteiger charge is -2.11. The largest absolute Gasteiger partial charge is 0.457 e. The average Bonchev–Trinajstić information content (AvgIpc) is 2.83. The molecule has 0 saturated heterocycles. The quantitative estimate of drug-likeness (QED) is 0.236. The third-order valence-electron chi connectivity index (χ3n) is 4.67. The summed E-state index contributed by atoms with van der Waals surface area (Å²) >= 11 is 11.8. The average molecular weight is 528 g/mol. The fourth-order valence-corrected chi connectivity index (χ4v) is 4.48. The molecule has 7 nitrogen and oxygen atoms in total. The van der Waals surface area contributed by atoms with Crippen LogP contribution in [-0.2, 0) is 10.0 Å². The zero-order chi connectivity index (χ0) is 24.8. The van der Waals surface area contributed by atoms with Crippen molar-refractivity contribution in [1.29, 1.82) is 0 Å². The molecule has 0 aliphatic heterocycles. The summed E-state index contributed by atoms with van der Waals surface area (Å²) in [6.45, 7) is 0. The molecular formula is C25H19Cl2N3O4S. The SMILES string of the molecule is O=C(Nc1ccc(NS(=O)(=O)c2ccc(Cl)c(Cl)c2)cc1)Nc1cccc(Oc2ccccc2)c1. The van der Waals surface area contributed by atoms with Gasteiger partial charge in [0.2, 0.25) is 0 Å². The second kappa shape index (κ2) is 10.7. The van der Waals surface area contributed by atoms with Gasteiger partial charge < -0.3 is 15.4 Å². The molecule has 0 heterocycles. The lowest BCUT2D eigenvalue weighted by molar-refractivity contribution is 0.262. The van der Waals surface area contributed by atoms with Crippen molar-refractivity contribution in [3.05, 3.63) is 107 Å². The fourth-order valence-electron chi connectivity index (χ4n) is 3.04. The summed E-state index contributed by atoms with van der Waals surface area (Å²) in [6.07, 6.45) is 0. The number of sulfonamides is 1. The van der Waals surface area contributed by atoms with E-state index >= 15 is 0 Å². The van der Waals surface area contributed by atoms with Crippen LogP contribution in [0, 0.1) is 0 Å². The van der Waals surface area contributed by atoms with Crippen molar-refractivity contribution < 1.29 is 17.9 Å². The highest BCUT2D eigenvalue weighted by Gasteiger charge is 2.16. The maximum absolute atomic E-state index is 12.6. The third-order valence-corrected chi connectivity index (χ3v) is 6.79. The summed E-state index contributed by atoms with van der Waals surface area (Å²) in [5.74, 6) is 1.26. The van der Waals surface area contributed by atoms with Crippen molar-refractivity contribution >= 4 is 56.3 Å². The molecule has 4 aromatic rings. The molecule has 0 aromatic heterocycles. The third kappa shape index (κ3) is 6.66. The van der Waals surface area contributed by atoms with Crippen LogP contribution in [0.3, 0.4) is 0 Å². The van der Waals surface area contributed by atoms with Crippen molar-refractivity contribution in [1.82, 2.24) is 0 Å². The monoisotopic (exact) mass is 527 g/mol. The van der Waals surface area contributed by atoms with E-state index in [0.29, 0.717) is 28.6 Å². The molecule has 10 heteroatoms. The van der Waals surface area contributed by atoms with Crippen LogP contribution in [-0.4, -0.2) is 14.4 Å². The molecule has 0 spiro atoms. The summed E-state index contributed by atoms with van der Waals surface area (Å²) in [7, 11) is -3.86. The number of carbonyl (C=O) groups is 1. The lowest BCUT2D eigenvalue weighted by Crippen LogP contribution is -2.19. The summed E-state index contributed by atoms with van der Waals surface area (Å²) in [6, 6.07) is 26.1. The highest BCUT2D eigenvalue weighted by atomic mass is 35.5. The predicted octanol–water partition coefficient (Wildman–Crippen LogP) is 7.23. The van der Waals surface area contributed by atoms with Gasteiger partial charge in [0.05, 0.1) is 14.9 Å². The number of rotatable bonds is 7. The number of para-hydroxylation sites is 1. The minimum atomic E-state index is -3.86. The number of ether oxygens (including phenoxy) is 1. The highest BCUT2D eigenvalue weighted by molar-refractivity contribution is 7.92. The van der Waals surface area contributed by atoms with Gasteiger partial charge in [-0.3, -0.25) is 4.72 Å². The normalized spacial score (nSPS) is 10.9. The van der Waals surface area contributed by atoms with E-state index in [9.17, 15) is 13.2 Å². The topological polar surface area (TPSA) is 96.5 Å². The Hall–Kier alpha value is -3.72. The first-order valence-electron chi connectivity index (χ1n) is 10.3. The number of nitrogens with one attached hydrogen (secondary N) is 3. The number of urea groups is 1. The minimum absolute atomic E-state index is 0.0213. The molecule has 178 valence electrons. The number of carbonyl (C=O) groups excluding carboxylic acids is 1. The molecule has 0 aliphatic rings. The molecule has 0 atom stereocenters. The number of benzene rings is 4. The second-order valence-electron chi connectivity index (χ2n) is 7.28. The molecule has 0 radical (unpaired) electrons. The van der Waals surface area contributed by atoms with Crippen LogP contribution in [0.4, 0.5) is 21.9 Å². The number of anilines is 3. The van der Waals surface area contributed by atoms with Gasteiger partial charge in [0.15, 0.2) is 0 Å². The molecule has 0 fully saturated rings. The van der Waals surface area contributed by atoms with Gasteiger partial charge in [-0.15, -0.1) is 0 Å². The molecule has 4 rings (SSSR count). The maximum atomic E-state index is 12.6. The van der Waals surface area contributed by atoms with Gasteiger partial charge in [-0.2, -0.15) is 0 Å². The highest BCUT2D eigenvalue weighted by Crippen LogP contribution is 2.27. The molecule has 0 saturated carbocycles. The molecule has 0 aliphatic carbocycles. The zero-order valence-corrected chi connectivity index (χ0v) is 20.4. The predicted molar refractivity (Wildman–Crippen MR) is 139 cm³/mol. The van der Waals surface area contributed by atoms with Crippen LogP contribution in [0.15, 0.2) is 102 Å². The van der Waals surface area contributed by atoms with Gasteiger partial charge in [-0.25, -0.2) is 13.2 Å². The van der Waals surface area contributed by atoms with E-state index < -0.39 is 16.1 Å². The van der Waals surface area contributed by atoms with E-state index in [1.165, 1.54) is 30.3 Å². The molecule has 3 N–H and O–H groups in total. The Morgan fingerprint density at radius 3 is 2.03 bits per heavy atom. The van der Waals surface area contributed by atoms with Gasteiger partial charge in [-0.1, -0.05) is 47.5 Å². The number of hydrogen-bond acceptors (Lipinski definition) is 4. The Bertz CT molecular complexity index is 1450. The Morgan fingerprint density at radius 1 is 0.657 bits per heavy atom. The van der Waals surface area contributed by atoms with Gasteiger partial charge in [0, 0.05) is 23.1 Å². The van der Waals surface area contributed by atoms with Crippen LogP contribution < -0.4 is 20.1 Å². The van der Waals surface area contributed by atoms with E-state index in [1.54, 1.807) is 36.4 Å². The smallest absolute Gasteiger partial charge is 0.323 e. The summed E-state index contributed by atoms with van der Waals surface area (Å²) < 4.78 is 33.4. The number of amides is 2. The lowest BCUT2D eigenvalue weighted by atomic mass is 10.3. The van der Waals surface area contributed by atoms with E-state index in [0.717, 1.165) is 0 Å². The molecule has 2 amide bonds. The Balaban J connectivity index is 1.36. The second-order valence-corrected chi connectivity index (χ2v) is 9.78. The summed E-state index contributed by atoms with van der Waals surface area (Å²) in [5, 5.41) is 5.83. The van der Waals surface area contributed by atoms with Crippen molar-refractivity contribution in [2.24, 2.45) is 0 Å². The molecule has 0 unspecified atom stereocenters. The summed E-state index contributed by atoms with van der Waals surface area (Å²) in [5.41, 5.74) is 1.33. The number of hydrogen-bond donors (Lipinski definition) is 3. The first-order chi connectivity index (χ1) is 16.8. The standard InChI is InChI=1S/C25H19Cl2N3O4S/c26-23-14-13-22(16-24(23)27)35(32,33)30-18-11-9-17(10-12-18)28-25(31)29-19-5-4-8-21(15-19)34-20-6-2-1-3-7-20/h1-16,30H,(H2,28,29,31). The molecule has 0 bridgehead atoms. The van der Waals surface area contributed by atoms with Crippen molar-refractivity contribution in [3.63, 3.8) is 0 Å². The maximum Gasteiger partial charge on any atom is 0.323 e.